The summed E-state index contributed by atoms with van der Waals surface area (Å²) in [6.07, 6.45) is 6.33. The van der Waals surface area contributed by atoms with E-state index in [2.05, 4.69) is 10.3 Å². The van der Waals surface area contributed by atoms with Crippen molar-refractivity contribution in [3.8, 4) is 17.2 Å². The minimum absolute atomic E-state index is 0.00722. The van der Waals surface area contributed by atoms with Gasteiger partial charge in [-0.2, -0.15) is 0 Å². The lowest BCUT2D eigenvalue weighted by Gasteiger charge is -2.39. The molecule has 2 aromatic carbocycles. The van der Waals surface area contributed by atoms with Crippen molar-refractivity contribution in [2.75, 3.05) is 20.2 Å². The standard InChI is InChI=1S/C27H30N4O5/c1-34-24-7-5-19-6-8-26(32)29-22-15-31(27(33)16-30-12-10-28-18-30)11-9-23(22)35-17-20-3-2-4-21(13-20)36-25(24)14-19/h2-5,7,10,12-14,18,22-23H,6,8-9,11,15-17H2,1H3,(H,29,32)/t22-,23+/m0/s1. The quantitative estimate of drug-likeness (QED) is 0.607. The van der Waals surface area contributed by atoms with E-state index in [0.29, 0.717) is 56.2 Å². The third-order valence-corrected chi connectivity index (χ3v) is 6.58. The number of ether oxygens (including phenoxy) is 3. The number of hydrogen-bond donors (Lipinski definition) is 1. The van der Waals surface area contributed by atoms with Crippen molar-refractivity contribution in [1.82, 2.24) is 19.8 Å². The number of methoxy groups -OCH3 is 1. The number of piperidine rings is 1. The topological polar surface area (TPSA) is 94.9 Å². The van der Waals surface area contributed by atoms with Crippen LogP contribution in [-0.4, -0.2) is 58.6 Å². The third-order valence-electron chi connectivity index (χ3n) is 6.58. The predicted molar refractivity (Wildman–Crippen MR) is 132 cm³/mol. The first-order chi connectivity index (χ1) is 17.6. The van der Waals surface area contributed by atoms with Crippen molar-refractivity contribution >= 4 is 11.8 Å². The molecule has 188 valence electrons. The number of amides is 2. The van der Waals surface area contributed by atoms with Crippen LogP contribution in [-0.2, 0) is 33.9 Å². The summed E-state index contributed by atoms with van der Waals surface area (Å²) in [4.78, 5) is 31.6. The number of aromatic nitrogens is 2. The molecule has 2 amide bonds. The molecule has 5 rings (SSSR count). The minimum Gasteiger partial charge on any atom is -0.493 e. The van der Waals surface area contributed by atoms with E-state index in [1.165, 1.54) is 0 Å². The maximum atomic E-state index is 12.9. The fourth-order valence-corrected chi connectivity index (χ4v) is 4.65. The molecule has 1 aromatic heterocycles. The zero-order chi connectivity index (χ0) is 24.9. The maximum Gasteiger partial charge on any atom is 0.242 e. The molecule has 3 aromatic rings. The Morgan fingerprint density at radius 2 is 2.11 bits per heavy atom. The molecular weight excluding hydrogens is 460 g/mol. The maximum absolute atomic E-state index is 12.9. The SMILES string of the molecule is COc1ccc2cc1Oc1cccc(c1)CO[C@@H]1CCN(C(=O)Cn3ccnc3)C[C@@H]1NC(=O)CC2. The summed E-state index contributed by atoms with van der Waals surface area (Å²) in [5.74, 6) is 1.83. The number of nitrogens with one attached hydrogen (secondary N) is 1. The first-order valence-electron chi connectivity index (χ1n) is 12.2. The Balaban J connectivity index is 1.36. The molecule has 0 saturated carbocycles. The summed E-state index contributed by atoms with van der Waals surface area (Å²) in [5.41, 5.74) is 1.93. The van der Waals surface area contributed by atoms with Crippen LogP contribution in [0.3, 0.4) is 0 Å². The molecule has 1 saturated heterocycles. The van der Waals surface area contributed by atoms with Gasteiger partial charge in [-0.3, -0.25) is 9.59 Å². The summed E-state index contributed by atoms with van der Waals surface area (Å²) in [6, 6.07) is 13.2. The van der Waals surface area contributed by atoms with Crippen LogP contribution in [0.1, 0.15) is 24.0 Å². The number of hydrogen-bond acceptors (Lipinski definition) is 6. The van der Waals surface area contributed by atoms with Gasteiger partial charge in [-0.25, -0.2) is 4.98 Å². The zero-order valence-corrected chi connectivity index (χ0v) is 20.3. The lowest BCUT2D eigenvalue weighted by molar-refractivity contribution is -0.137. The summed E-state index contributed by atoms with van der Waals surface area (Å²) in [6.45, 7) is 1.56. The Labute approximate surface area is 210 Å². The molecule has 36 heavy (non-hydrogen) atoms. The van der Waals surface area contributed by atoms with Gasteiger partial charge < -0.3 is 29.0 Å². The van der Waals surface area contributed by atoms with Crippen LogP contribution >= 0.6 is 0 Å². The molecule has 9 heteroatoms. The number of carbonyl (C=O) groups is 2. The average molecular weight is 491 g/mol. The Hall–Kier alpha value is -3.85. The highest BCUT2D eigenvalue weighted by molar-refractivity contribution is 5.78. The molecule has 2 aliphatic rings. The second kappa shape index (κ2) is 10.8. The van der Waals surface area contributed by atoms with Crippen LogP contribution < -0.4 is 14.8 Å². The number of aryl methyl sites for hydroxylation is 1. The second-order valence-corrected chi connectivity index (χ2v) is 9.12. The molecule has 0 unspecified atom stereocenters. The zero-order valence-electron chi connectivity index (χ0n) is 20.3. The predicted octanol–water partition coefficient (Wildman–Crippen LogP) is 2.93. The number of likely N-dealkylation sites (tertiary alicyclic amines) is 1. The van der Waals surface area contributed by atoms with Crippen LogP contribution in [0.15, 0.2) is 61.2 Å². The molecule has 3 heterocycles. The highest BCUT2D eigenvalue weighted by Crippen LogP contribution is 2.33. The van der Waals surface area contributed by atoms with Gasteiger partial charge in [0.2, 0.25) is 11.8 Å². The van der Waals surface area contributed by atoms with Crippen molar-refractivity contribution in [3.63, 3.8) is 0 Å². The van der Waals surface area contributed by atoms with E-state index < -0.39 is 0 Å². The van der Waals surface area contributed by atoms with E-state index in [9.17, 15) is 9.59 Å². The van der Waals surface area contributed by atoms with Gasteiger partial charge in [-0.15, -0.1) is 0 Å². The number of imidazole rings is 1. The highest BCUT2D eigenvalue weighted by Gasteiger charge is 2.33. The summed E-state index contributed by atoms with van der Waals surface area (Å²) < 4.78 is 19.6. The van der Waals surface area contributed by atoms with Gasteiger partial charge >= 0.3 is 0 Å². The van der Waals surface area contributed by atoms with Gasteiger partial charge in [0.05, 0.1) is 32.2 Å². The normalized spacial score (nSPS) is 20.2. The molecule has 2 atom stereocenters. The Morgan fingerprint density at radius 1 is 1.19 bits per heavy atom. The van der Waals surface area contributed by atoms with Crippen LogP contribution in [0, 0.1) is 0 Å². The van der Waals surface area contributed by atoms with Gasteiger partial charge in [-0.05, 0) is 48.2 Å². The molecular formula is C27H30N4O5. The van der Waals surface area contributed by atoms with E-state index in [1.54, 1.807) is 35.3 Å². The first-order valence-corrected chi connectivity index (χ1v) is 12.2. The summed E-state index contributed by atoms with van der Waals surface area (Å²) in [7, 11) is 1.60. The highest BCUT2D eigenvalue weighted by atomic mass is 16.5. The molecule has 9 nitrogen and oxygen atoms in total. The lowest BCUT2D eigenvalue weighted by atomic mass is 10.0. The Kier molecular flexibility index (Phi) is 7.18. The Morgan fingerprint density at radius 3 is 2.94 bits per heavy atom. The first kappa shape index (κ1) is 23.9. The van der Waals surface area contributed by atoms with E-state index in [4.69, 9.17) is 14.2 Å². The van der Waals surface area contributed by atoms with Gasteiger partial charge in [0.1, 0.15) is 12.3 Å². The molecule has 0 aliphatic carbocycles. The molecule has 4 bridgehead atoms. The van der Waals surface area contributed by atoms with E-state index in [0.717, 1.165) is 11.1 Å². The number of carbonyl (C=O) groups excluding carboxylic acids is 2. The van der Waals surface area contributed by atoms with Gasteiger partial charge in [0, 0.05) is 31.9 Å². The largest absolute Gasteiger partial charge is 0.493 e. The summed E-state index contributed by atoms with van der Waals surface area (Å²) in [5, 5.41) is 3.14. The smallest absolute Gasteiger partial charge is 0.242 e. The monoisotopic (exact) mass is 490 g/mol. The molecule has 0 spiro atoms. The molecule has 2 aliphatic heterocycles. The van der Waals surface area contributed by atoms with Crippen molar-refractivity contribution in [1.29, 1.82) is 0 Å². The number of benzene rings is 2. The van der Waals surface area contributed by atoms with Gasteiger partial charge in [0.15, 0.2) is 11.5 Å². The van der Waals surface area contributed by atoms with Crippen molar-refractivity contribution < 1.29 is 23.8 Å². The van der Waals surface area contributed by atoms with Crippen molar-refractivity contribution in [2.45, 2.75) is 44.6 Å². The molecule has 0 radical (unpaired) electrons. The van der Waals surface area contributed by atoms with Crippen LogP contribution in [0.25, 0.3) is 0 Å². The summed E-state index contributed by atoms with van der Waals surface area (Å²) >= 11 is 0. The molecule has 1 N–H and O–H groups in total. The number of nitrogens with zero attached hydrogens (tertiary/aromatic N) is 3. The van der Waals surface area contributed by atoms with Gasteiger partial charge in [0.25, 0.3) is 0 Å². The second-order valence-electron chi connectivity index (χ2n) is 9.12. The average Bonchev–Trinajstić information content (AvgIpc) is 3.39. The minimum atomic E-state index is -0.297. The lowest BCUT2D eigenvalue weighted by Crippen LogP contribution is -2.57. The van der Waals surface area contributed by atoms with Crippen molar-refractivity contribution in [2.24, 2.45) is 0 Å². The fraction of sp³-hybridized carbons (Fsp3) is 0.370. The van der Waals surface area contributed by atoms with Crippen LogP contribution in [0.4, 0.5) is 0 Å². The van der Waals surface area contributed by atoms with Crippen molar-refractivity contribution in [3.05, 3.63) is 72.3 Å². The Bertz CT molecular complexity index is 1210. The van der Waals surface area contributed by atoms with E-state index in [1.807, 2.05) is 42.5 Å². The van der Waals surface area contributed by atoms with E-state index >= 15 is 0 Å². The van der Waals surface area contributed by atoms with E-state index in [-0.39, 0.29) is 30.5 Å². The fourth-order valence-electron chi connectivity index (χ4n) is 4.65. The molecule has 1 fully saturated rings. The number of fused-ring (bicyclic) bond motifs is 5. The van der Waals surface area contributed by atoms with Crippen LogP contribution in [0.2, 0.25) is 0 Å². The number of rotatable bonds is 3. The third kappa shape index (κ3) is 5.68. The van der Waals surface area contributed by atoms with Crippen LogP contribution in [0.5, 0.6) is 17.2 Å². The van der Waals surface area contributed by atoms with Gasteiger partial charge in [-0.1, -0.05) is 18.2 Å².